The van der Waals surface area contributed by atoms with Gasteiger partial charge in [-0.25, -0.2) is 13.1 Å². The third-order valence-electron chi connectivity index (χ3n) is 1.91. The Morgan fingerprint density at radius 3 is 2.81 bits per heavy atom. The summed E-state index contributed by atoms with van der Waals surface area (Å²) in [5.41, 5.74) is 0. The van der Waals surface area contributed by atoms with Gasteiger partial charge in [0.15, 0.2) is 0 Å². The first-order chi connectivity index (χ1) is 7.44. The largest absolute Gasteiger partial charge is 0.212 e. The number of halogens is 2. The summed E-state index contributed by atoms with van der Waals surface area (Å²) in [4.78, 5) is 0.974. The van der Waals surface area contributed by atoms with Gasteiger partial charge in [0.05, 0.1) is 5.75 Å². The predicted octanol–water partition coefficient (Wildman–Crippen LogP) is 2.80. The Balaban J connectivity index is 2.52. The van der Waals surface area contributed by atoms with E-state index in [2.05, 4.69) is 20.7 Å². The molecular formula is C9H13BrClNO2S2. The Bertz CT molecular complexity index is 432. The van der Waals surface area contributed by atoms with Crippen LogP contribution in [0, 0.1) is 5.92 Å². The first-order valence-electron chi connectivity index (χ1n) is 4.70. The lowest BCUT2D eigenvalue weighted by Crippen LogP contribution is -2.29. The molecule has 0 aliphatic rings. The van der Waals surface area contributed by atoms with Gasteiger partial charge in [0.2, 0.25) is 10.0 Å². The quantitative estimate of drug-likeness (QED) is 0.805. The van der Waals surface area contributed by atoms with Gasteiger partial charge in [0, 0.05) is 21.8 Å². The van der Waals surface area contributed by atoms with Crippen LogP contribution >= 0.6 is 38.9 Å². The van der Waals surface area contributed by atoms with E-state index in [1.165, 1.54) is 11.3 Å². The summed E-state index contributed by atoms with van der Waals surface area (Å²) in [5, 5.41) is 1.91. The van der Waals surface area contributed by atoms with Gasteiger partial charge in [-0.3, -0.25) is 0 Å². The maximum absolute atomic E-state index is 11.6. The molecule has 7 heteroatoms. The number of rotatable bonds is 6. The van der Waals surface area contributed by atoms with Crippen molar-refractivity contribution in [2.24, 2.45) is 5.92 Å². The van der Waals surface area contributed by atoms with Crippen LogP contribution in [0.1, 0.15) is 11.8 Å². The molecule has 1 heterocycles. The minimum absolute atomic E-state index is 0.0362. The van der Waals surface area contributed by atoms with Gasteiger partial charge in [-0.05, 0) is 33.3 Å². The summed E-state index contributed by atoms with van der Waals surface area (Å²) in [6.45, 7) is 2.14. The highest BCUT2D eigenvalue weighted by Gasteiger charge is 2.15. The highest BCUT2D eigenvalue weighted by Crippen LogP contribution is 2.22. The molecule has 0 saturated heterocycles. The molecule has 0 radical (unpaired) electrons. The van der Waals surface area contributed by atoms with Crippen molar-refractivity contribution in [2.45, 2.75) is 13.5 Å². The lowest BCUT2D eigenvalue weighted by Gasteiger charge is -2.09. The van der Waals surface area contributed by atoms with Crippen molar-refractivity contribution in [1.82, 2.24) is 4.72 Å². The van der Waals surface area contributed by atoms with E-state index in [9.17, 15) is 8.42 Å². The molecule has 1 unspecified atom stereocenters. The Kier molecular flexibility index (Phi) is 5.73. The monoisotopic (exact) mass is 345 g/mol. The Morgan fingerprint density at radius 2 is 2.31 bits per heavy atom. The van der Waals surface area contributed by atoms with E-state index in [-0.39, 0.29) is 11.7 Å². The lowest BCUT2D eigenvalue weighted by atomic mass is 10.3. The molecule has 1 rings (SSSR count). The number of hydrogen-bond donors (Lipinski definition) is 1. The van der Waals surface area contributed by atoms with Crippen molar-refractivity contribution >= 4 is 48.9 Å². The van der Waals surface area contributed by atoms with Crippen molar-refractivity contribution in [2.75, 3.05) is 11.6 Å². The minimum atomic E-state index is -3.23. The van der Waals surface area contributed by atoms with Crippen molar-refractivity contribution in [3.05, 3.63) is 20.8 Å². The molecule has 1 aromatic rings. The molecule has 0 aromatic carbocycles. The molecule has 0 fully saturated rings. The molecule has 0 aliphatic carbocycles. The second kappa shape index (κ2) is 6.35. The molecule has 1 aromatic heterocycles. The van der Waals surface area contributed by atoms with Crippen molar-refractivity contribution in [3.63, 3.8) is 0 Å². The SMILES string of the molecule is CC(CCl)CS(=O)(=O)NCc1sccc1Br. The molecular weight excluding hydrogens is 334 g/mol. The normalized spacial score (nSPS) is 13.9. The zero-order chi connectivity index (χ0) is 12.2. The first kappa shape index (κ1) is 14.4. The number of hydrogen-bond acceptors (Lipinski definition) is 3. The van der Waals surface area contributed by atoms with Gasteiger partial charge < -0.3 is 0 Å². The number of alkyl halides is 1. The molecule has 16 heavy (non-hydrogen) atoms. The molecule has 0 saturated carbocycles. The van der Waals surface area contributed by atoms with E-state index < -0.39 is 10.0 Å². The maximum atomic E-state index is 11.6. The molecule has 0 spiro atoms. The summed E-state index contributed by atoms with van der Waals surface area (Å²) in [5.74, 6) is 0.384. The van der Waals surface area contributed by atoms with E-state index in [0.717, 1.165) is 9.35 Å². The summed E-state index contributed by atoms with van der Waals surface area (Å²) in [6.07, 6.45) is 0. The Hall–Kier alpha value is 0.380. The standard InChI is InChI=1S/C9H13BrClNO2S2/c1-7(4-11)6-16(13,14)12-5-9-8(10)2-3-15-9/h2-3,7,12H,4-6H2,1H3. The van der Waals surface area contributed by atoms with E-state index >= 15 is 0 Å². The smallest absolute Gasteiger partial charge is 0.212 e. The van der Waals surface area contributed by atoms with Crippen LogP contribution in [-0.4, -0.2) is 20.1 Å². The number of sulfonamides is 1. The topological polar surface area (TPSA) is 46.2 Å². The van der Waals surface area contributed by atoms with Crippen molar-refractivity contribution < 1.29 is 8.42 Å². The first-order valence-corrected chi connectivity index (χ1v) is 8.55. The van der Waals surface area contributed by atoms with Crippen LogP contribution in [0.2, 0.25) is 0 Å². The second-order valence-corrected chi connectivity index (χ2v) is 7.57. The van der Waals surface area contributed by atoms with Crippen LogP contribution in [0.4, 0.5) is 0 Å². The van der Waals surface area contributed by atoms with E-state index in [0.29, 0.717) is 12.4 Å². The van der Waals surface area contributed by atoms with Gasteiger partial charge in [0.1, 0.15) is 0 Å². The van der Waals surface area contributed by atoms with Crippen molar-refractivity contribution in [3.8, 4) is 0 Å². The minimum Gasteiger partial charge on any atom is -0.212 e. The average Bonchev–Trinajstić information content (AvgIpc) is 2.60. The van der Waals surface area contributed by atoms with Crippen LogP contribution in [-0.2, 0) is 16.6 Å². The number of thiophene rings is 1. The fourth-order valence-corrected chi connectivity index (χ4v) is 4.22. The average molecular weight is 347 g/mol. The molecule has 92 valence electrons. The third-order valence-corrected chi connectivity index (χ3v) is 5.96. The predicted molar refractivity (Wildman–Crippen MR) is 72.5 cm³/mol. The molecule has 0 aliphatic heterocycles. The summed E-state index contributed by atoms with van der Waals surface area (Å²) in [7, 11) is -3.23. The van der Waals surface area contributed by atoms with Gasteiger partial charge >= 0.3 is 0 Å². The summed E-state index contributed by atoms with van der Waals surface area (Å²) in [6, 6.07) is 1.90. The molecule has 1 N–H and O–H groups in total. The van der Waals surface area contributed by atoms with Crippen LogP contribution in [0.5, 0.6) is 0 Å². The van der Waals surface area contributed by atoms with E-state index in [1.54, 1.807) is 0 Å². The Labute approximate surface area is 113 Å². The van der Waals surface area contributed by atoms with E-state index in [1.807, 2.05) is 18.4 Å². The zero-order valence-corrected chi connectivity index (χ0v) is 12.7. The highest BCUT2D eigenvalue weighted by atomic mass is 79.9. The van der Waals surface area contributed by atoms with Gasteiger partial charge in [0.25, 0.3) is 0 Å². The maximum Gasteiger partial charge on any atom is 0.212 e. The van der Waals surface area contributed by atoms with Gasteiger partial charge in [-0.15, -0.1) is 22.9 Å². The summed E-state index contributed by atoms with van der Waals surface area (Å²) < 4.78 is 26.7. The highest BCUT2D eigenvalue weighted by molar-refractivity contribution is 9.10. The van der Waals surface area contributed by atoms with E-state index in [4.69, 9.17) is 11.6 Å². The molecule has 0 bridgehead atoms. The second-order valence-electron chi connectivity index (χ2n) is 3.55. The third kappa shape index (κ3) is 4.71. The van der Waals surface area contributed by atoms with Gasteiger partial charge in [-0.1, -0.05) is 6.92 Å². The molecule has 0 amide bonds. The summed E-state index contributed by atoms with van der Waals surface area (Å²) >= 11 is 10.5. The van der Waals surface area contributed by atoms with Crippen LogP contribution in [0.25, 0.3) is 0 Å². The lowest BCUT2D eigenvalue weighted by molar-refractivity contribution is 0.569. The van der Waals surface area contributed by atoms with Crippen molar-refractivity contribution in [1.29, 1.82) is 0 Å². The fourth-order valence-electron chi connectivity index (χ4n) is 1.10. The molecule has 1 atom stereocenters. The Morgan fingerprint density at radius 1 is 1.62 bits per heavy atom. The zero-order valence-electron chi connectivity index (χ0n) is 8.74. The number of nitrogens with one attached hydrogen (secondary N) is 1. The van der Waals surface area contributed by atoms with Crippen LogP contribution < -0.4 is 4.72 Å². The van der Waals surface area contributed by atoms with Crippen LogP contribution in [0.3, 0.4) is 0 Å². The fraction of sp³-hybridized carbons (Fsp3) is 0.556. The van der Waals surface area contributed by atoms with Crippen LogP contribution in [0.15, 0.2) is 15.9 Å². The molecule has 3 nitrogen and oxygen atoms in total. The van der Waals surface area contributed by atoms with Gasteiger partial charge in [-0.2, -0.15) is 0 Å².